The zero-order valence-electron chi connectivity index (χ0n) is 11.3. The van der Waals surface area contributed by atoms with E-state index in [9.17, 15) is 4.79 Å². The minimum absolute atomic E-state index is 0.257. The number of aromatic nitrogens is 3. The van der Waals surface area contributed by atoms with Crippen molar-refractivity contribution in [3.63, 3.8) is 0 Å². The van der Waals surface area contributed by atoms with Gasteiger partial charge in [-0.05, 0) is 25.0 Å². The van der Waals surface area contributed by atoms with Gasteiger partial charge >= 0.3 is 5.97 Å². The summed E-state index contributed by atoms with van der Waals surface area (Å²) in [7, 11) is 0. The Morgan fingerprint density at radius 1 is 1.24 bits per heavy atom. The third-order valence-electron chi connectivity index (χ3n) is 3.69. The molecule has 110 valence electrons. The first kappa shape index (κ1) is 13.9. The van der Waals surface area contributed by atoms with Crippen molar-refractivity contribution in [2.24, 2.45) is 5.92 Å². The van der Waals surface area contributed by atoms with E-state index in [-0.39, 0.29) is 5.92 Å². The molecule has 0 aliphatic carbocycles. The second-order valence-electron chi connectivity index (χ2n) is 5.07. The third kappa shape index (κ3) is 3.00. The summed E-state index contributed by atoms with van der Waals surface area (Å²) >= 11 is 5.87. The van der Waals surface area contributed by atoms with Crippen LogP contribution >= 0.6 is 11.6 Å². The molecule has 21 heavy (non-hydrogen) atoms. The van der Waals surface area contributed by atoms with Gasteiger partial charge < -0.3 is 5.11 Å². The molecule has 1 aliphatic heterocycles. The van der Waals surface area contributed by atoms with Crippen molar-refractivity contribution in [1.29, 1.82) is 0 Å². The summed E-state index contributed by atoms with van der Waals surface area (Å²) in [4.78, 5) is 12.5. The molecule has 3 rings (SSSR count). The lowest BCUT2D eigenvalue weighted by Gasteiger charge is -2.29. The molecule has 1 aromatic carbocycles. The van der Waals surface area contributed by atoms with Crippen molar-refractivity contribution < 1.29 is 9.90 Å². The third-order valence-corrected chi connectivity index (χ3v) is 3.95. The highest BCUT2D eigenvalue weighted by Crippen LogP contribution is 2.20. The highest BCUT2D eigenvalue weighted by molar-refractivity contribution is 6.30. The van der Waals surface area contributed by atoms with Crippen LogP contribution in [0.2, 0.25) is 5.02 Å². The van der Waals surface area contributed by atoms with Gasteiger partial charge in [0.2, 0.25) is 0 Å². The molecule has 1 aliphatic rings. The zero-order valence-corrected chi connectivity index (χ0v) is 12.1. The van der Waals surface area contributed by atoms with Crippen LogP contribution < -0.4 is 5.01 Å². The molecule has 6 nitrogen and oxygen atoms in total. The summed E-state index contributed by atoms with van der Waals surface area (Å²) in [5.41, 5.74) is 1.72. The summed E-state index contributed by atoms with van der Waals surface area (Å²) in [6.07, 6.45) is 2.94. The number of carboxylic acid groups (broad SMARTS) is 1. The number of benzene rings is 1. The van der Waals surface area contributed by atoms with Crippen LogP contribution in [0.3, 0.4) is 0 Å². The number of carbonyl (C=O) groups is 1. The molecular weight excluding hydrogens is 292 g/mol. The molecule has 0 bridgehead atoms. The Morgan fingerprint density at radius 3 is 2.52 bits per heavy atom. The first-order valence-corrected chi connectivity index (χ1v) is 7.17. The van der Waals surface area contributed by atoms with Gasteiger partial charge in [-0.15, -0.1) is 10.2 Å². The summed E-state index contributed by atoms with van der Waals surface area (Å²) < 4.78 is 0. The Morgan fingerprint density at radius 2 is 1.90 bits per heavy atom. The highest BCUT2D eigenvalue weighted by atomic mass is 35.5. The van der Waals surface area contributed by atoms with Crippen molar-refractivity contribution in [1.82, 2.24) is 15.1 Å². The SMILES string of the molecule is O=C(O)C1CCN(n2ncc(-c3ccc(Cl)cc3)n2)CC1. The Balaban J connectivity index is 1.71. The lowest BCUT2D eigenvalue weighted by atomic mass is 9.98. The largest absolute Gasteiger partial charge is 0.481 e. The summed E-state index contributed by atoms with van der Waals surface area (Å²) in [5.74, 6) is -0.975. The van der Waals surface area contributed by atoms with Crippen molar-refractivity contribution in [2.45, 2.75) is 12.8 Å². The van der Waals surface area contributed by atoms with E-state index in [2.05, 4.69) is 10.2 Å². The highest BCUT2D eigenvalue weighted by Gasteiger charge is 2.25. The van der Waals surface area contributed by atoms with E-state index in [1.807, 2.05) is 29.3 Å². The lowest BCUT2D eigenvalue weighted by molar-refractivity contribution is -0.142. The number of nitrogens with zero attached hydrogens (tertiary/aromatic N) is 4. The number of carboxylic acids is 1. The van der Waals surface area contributed by atoms with Gasteiger partial charge in [-0.3, -0.25) is 9.80 Å². The van der Waals surface area contributed by atoms with Gasteiger partial charge in [-0.2, -0.15) is 0 Å². The number of aliphatic carboxylic acids is 1. The maximum Gasteiger partial charge on any atom is 0.306 e. The van der Waals surface area contributed by atoms with Crippen LogP contribution in [0.15, 0.2) is 30.5 Å². The Bertz CT molecular complexity index is 633. The monoisotopic (exact) mass is 306 g/mol. The van der Waals surface area contributed by atoms with Crippen molar-refractivity contribution in [3.8, 4) is 11.3 Å². The summed E-state index contributed by atoms with van der Waals surface area (Å²) in [6, 6.07) is 7.42. The quantitative estimate of drug-likeness (QED) is 0.939. The predicted molar refractivity (Wildman–Crippen MR) is 78.8 cm³/mol. The van der Waals surface area contributed by atoms with Crippen molar-refractivity contribution in [2.75, 3.05) is 18.1 Å². The zero-order chi connectivity index (χ0) is 14.8. The van der Waals surface area contributed by atoms with E-state index >= 15 is 0 Å². The number of rotatable bonds is 3. The van der Waals surface area contributed by atoms with Gasteiger partial charge in [-0.25, -0.2) is 0 Å². The van der Waals surface area contributed by atoms with E-state index in [1.165, 1.54) is 0 Å². The van der Waals surface area contributed by atoms with Gasteiger partial charge in [-0.1, -0.05) is 28.6 Å². The second kappa shape index (κ2) is 5.73. The predicted octanol–water partition coefficient (Wildman–Crippen LogP) is 2.03. The standard InChI is InChI=1S/C14H15ClN4O2/c15-12-3-1-10(2-4-12)13-9-16-19(17-13)18-7-5-11(6-8-18)14(20)21/h1-4,9,11H,5-8H2,(H,20,21). The number of piperidine rings is 1. The number of hydrogen-bond donors (Lipinski definition) is 1. The first-order chi connectivity index (χ1) is 10.1. The van der Waals surface area contributed by atoms with Gasteiger partial charge in [0, 0.05) is 23.7 Å². The van der Waals surface area contributed by atoms with Gasteiger partial charge in [0.1, 0.15) is 5.69 Å². The van der Waals surface area contributed by atoms with Crippen LogP contribution in [0.4, 0.5) is 0 Å². The fourth-order valence-corrected chi connectivity index (χ4v) is 2.56. The summed E-state index contributed by atoms with van der Waals surface area (Å²) in [6.45, 7) is 1.29. The molecule has 0 unspecified atom stereocenters. The second-order valence-corrected chi connectivity index (χ2v) is 5.51. The molecular formula is C14H15ClN4O2. The van der Waals surface area contributed by atoms with E-state index in [1.54, 1.807) is 11.1 Å². The fourth-order valence-electron chi connectivity index (χ4n) is 2.44. The fraction of sp³-hybridized carbons (Fsp3) is 0.357. The van der Waals surface area contributed by atoms with E-state index < -0.39 is 5.97 Å². The molecule has 1 saturated heterocycles. The minimum Gasteiger partial charge on any atom is -0.481 e. The van der Waals surface area contributed by atoms with Crippen molar-refractivity contribution >= 4 is 17.6 Å². The van der Waals surface area contributed by atoms with E-state index in [0.29, 0.717) is 31.0 Å². The molecule has 1 aromatic heterocycles. The van der Waals surface area contributed by atoms with Crippen LogP contribution in [0.1, 0.15) is 12.8 Å². The van der Waals surface area contributed by atoms with E-state index in [0.717, 1.165) is 11.3 Å². The smallest absolute Gasteiger partial charge is 0.306 e. The summed E-state index contributed by atoms with van der Waals surface area (Å²) in [5, 5.41) is 20.3. The molecule has 1 fully saturated rings. The van der Waals surface area contributed by atoms with Crippen LogP contribution in [0.5, 0.6) is 0 Å². The Hall–Kier alpha value is -2.08. The van der Waals surface area contributed by atoms with Gasteiger partial charge in [0.15, 0.2) is 0 Å². The Kier molecular flexibility index (Phi) is 3.79. The maximum absolute atomic E-state index is 10.9. The molecule has 0 atom stereocenters. The normalized spacial score (nSPS) is 16.1. The molecule has 7 heteroatoms. The molecule has 0 spiro atoms. The van der Waals surface area contributed by atoms with Crippen LogP contribution in [-0.2, 0) is 4.79 Å². The van der Waals surface area contributed by atoms with Gasteiger partial charge in [0.25, 0.3) is 0 Å². The number of hydrogen-bond acceptors (Lipinski definition) is 4. The topological polar surface area (TPSA) is 71.2 Å². The lowest BCUT2D eigenvalue weighted by Crippen LogP contribution is -2.44. The molecule has 0 saturated carbocycles. The first-order valence-electron chi connectivity index (χ1n) is 6.80. The molecule has 1 N–H and O–H groups in total. The van der Waals surface area contributed by atoms with Crippen LogP contribution in [0, 0.1) is 5.92 Å². The minimum atomic E-state index is -0.718. The average molecular weight is 307 g/mol. The Labute approximate surface area is 126 Å². The number of halogens is 1. The van der Waals surface area contributed by atoms with Crippen LogP contribution in [0.25, 0.3) is 11.3 Å². The molecule has 2 aromatic rings. The maximum atomic E-state index is 10.9. The van der Waals surface area contributed by atoms with Crippen LogP contribution in [-0.4, -0.2) is 39.3 Å². The molecule has 0 radical (unpaired) electrons. The molecule has 2 heterocycles. The molecule has 0 amide bonds. The van der Waals surface area contributed by atoms with Crippen molar-refractivity contribution in [3.05, 3.63) is 35.5 Å². The average Bonchev–Trinajstić information content (AvgIpc) is 2.98. The van der Waals surface area contributed by atoms with Gasteiger partial charge in [0.05, 0.1) is 12.1 Å². The van der Waals surface area contributed by atoms with E-state index in [4.69, 9.17) is 16.7 Å².